The Balaban J connectivity index is 0. The number of unbranched alkanes of at least 4 members (excludes halogenated alkanes) is 28. The fraction of sp³-hybridized carbons (Fsp3) is 0.952. The quantitative estimate of drug-likeness (QED) is 0.0492. The number of carboxylic acids is 2. The Hall–Kier alpha value is -1.18. The van der Waals surface area contributed by atoms with Crippen LogP contribution in [0.5, 0.6) is 0 Å². The Kier molecular flexibility index (Phi) is 43.8. The number of aliphatic hydroxyl groups is 2. The minimum Gasteiger partial charge on any atom is -0.481 e. The van der Waals surface area contributed by atoms with Crippen LogP contribution in [0.2, 0.25) is 0 Å². The molecule has 1 aliphatic heterocycles. The Morgan fingerprint density at radius 3 is 0.776 bits per heavy atom. The molecule has 1 saturated heterocycles. The van der Waals surface area contributed by atoms with E-state index in [0.29, 0.717) is 12.8 Å². The van der Waals surface area contributed by atoms with E-state index in [1.165, 1.54) is 167 Å². The Morgan fingerprint density at radius 2 is 0.612 bits per heavy atom. The molecule has 2 atom stereocenters. The highest BCUT2D eigenvalue weighted by molar-refractivity contribution is 5.66. The monoisotopic (exact) mass is 701 g/mol. The summed E-state index contributed by atoms with van der Waals surface area (Å²) in [5.41, 5.74) is 0. The van der Waals surface area contributed by atoms with E-state index >= 15 is 0 Å². The fourth-order valence-electron chi connectivity index (χ4n) is 6.34. The molecular formula is C42H84O7. The van der Waals surface area contributed by atoms with Crippen molar-refractivity contribution >= 4 is 11.9 Å². The molecule has 0 aromatic rings. The highest BCUT2D eigenvalue weighted by Gasteiger charge is 2.23. The van der Waals surface area contributed by atoms with Gasteiger partial charge in [-0.2, -0.15) is 0 Å². The average Bonchev–Trinajstić information content (AvgIpc) is 3.57. The van der Waals surface area contributed by atoms with Gasteiger partial charge in [0, 0.05) is 12.8 Å². The summed E-state index contributed by atoms with van der Waals surface area (Å²) in [6.07, 6.45) is 42.1. The Labute approximate surface area is 303 Å². The molecule has 7 nitrogen and oxygen atoms in total. The largest absolute Gasteiger partial charge is 0.481 e. The van der Waals surface area contributed by atoms with Crippen molar-refractivity contribution in [1.82, 2.24) is 0 Å². The van der Waals surface area contributed by atoms with Gasteiger partial charge in [-0.05, 0) is 25.7 Å². The number of carboxylic acid groups (broad SMARTS) is 2. The number of aliphatic hydroxyl groups excluding tert-OH is 2. The van der Waals surface area contributed by atoms with Crippen molar-refractivity contribution in [2.75, 3.05) is 13.2 Å². The number of rotatable bonds is 34. The Morgan fingerprint density at radius 1 is 0.408 bits per heavy atom. The maximum absolute atomic E-state index is 10.3. The molecule has 294 valence electrons. The molecule has 1 fully saturated rings. The van der Waals surface area contributed by atoms with Gasteiger partial charge in [-0.3, -0.25) is 9.59 Å². The predicted molar refractivity (Wildman–Crippen MR) is 206 cm³/mol. The molecule has 1 rings (SSSR count). The van der Waals surface area contributed by atoms with Gasteiger partial charge in [-0.1, -0.05) is 194 Å². The van der Waals surface area contributed by atoms with Crippen molar-refractivity contribution in [2.45, 2.75) is 244 Å². The van der Waals surface area contributed by atoms with E-state index in [1.807, 2.05) is 0 Å². The van der Waals surface area contributed by atoms with Gasteiger partial charge >= 0.3 is 11.9 Å². The number of aliphatic carboxylic acids is 2. The van der Waals surface area contributed by atoms with Crippen LogP contribution < -0.4 is 0 Å². The van der Waals surface area contributed by atoms with Crippen molar-refractivity contribution < 1.29 is 34.8 Å². The second-order valence-electron chi connectivity index (χ2n) is 14.5. The third-order valence-corrected chi connectivity index (χ3v) is 9.59. The number of hydrogen-bond donors (Lipinski definition) is 4. The van der Waals surface area contributed by atoms with E-state index in [2.05, 4.69) is 13.8 Å². The zero-order valence-corrected chi connectivity index (χ0v) is 32.6. The summed E-state index contributed by atoms with van der Waals surface area (Å²) < 4.78 is 5.16. The summed E-state index contributed by atoms with van der Waals surface area (Å²) in [6.45, 7) is 4.70. The first kappa shape index (κ1) is 49.9. The van der Waals surface area contributed by atoms with E-state index < -0.39 is 11.9 Å². The van der Waals surface area contributed by atoms with Crippen LogP contribution >= 0.6 is 0 Å². The Bertz CT molecular complexity index is 603. The van der Waals surface area contributed by atoms with Crippen LogP contribution in [0, 0.1) is 0 Å². The van der Waals surface area contributed by atoms with Crippen LogP contribution in [0.15, 0.2) is 0 Å². The molecule has 0 bridgehead atoms. The molecule has 0 spiro atoms. The minimum absolute atomic E-state index is 0.0258. The lowest BCUT2D eigenvalue weighted by Crippen LogP contribution is -2.16. The van der Waals surface area contributed by atoms with Gasteiger partial charge in [0.2, 0.25) is 0 Å². The summed E-state index contributed by atoms with van der Waals surface area (Å²) in [5.74, 6) is -1.31. The zero-order valence-electron chi connectivity index (χ0n) is 32.6. The van der Waals surface area contributed by atoms with Crippen molar-refractivity contribution in [3.63, 3.8) is 0 Å². The van der Waals surface area contributed by atoms with Gasteiger partial charge in [0.15, 0.2) is 0 Å². The predicted octanol–water partition coefficient (Wildman–Crippen LogP) is 12.2. The van der Waals surface area contributed by atoms with Gasteiger partial charge < -0.3 is 25.2 Å². The summed E-state index contributed by atoms with van der Waals surface area (Å²) in [7, 11) is 0. The lowest BCUT2D eigenvalue weighted by atomic mass is 10.0. The minimum atomic E-state index is -0.653. The van der Waals surface area contributed by atoms with Crippen LogP contribution in [0.4, 0.5) is 0 Å². The van der Waals surface area contributed by atoms with Crippen LogP contribution in [0.3, 0.4) is 0 Å². The molecule has 1 aliphatic rings. The first-order chi connectivity index (χ1) is 23.9. The van der Waals surface area contributed by atoms with Crippen LogP contribution in [0.25, 0.3) is 0 Å². The van der Waals surface area contributed by atoms with Crippen molar-refractivity contribution in [3.8, 4) is 0 Å². The van der Waals surface area contributed by atoms with E-state index in [4.69, 9.17) is 25.2 Å². The second kappa shape index (κ2) is 43.0. The third-order valence-electron chi connectivity index (χ3n) is 9.59. The van der Waals surface area contributed by atoms with E-state index in [1.54, 1.807) is 0 Å². The molecule has 0 aromatic carbocycles. The van der Waals surface area contributed by atoms with Gasteiger partial charge in [0.1, 0.15) is 0 Å². The van der Waals surface area contributed by atoms with Crippen LogP contribution in [-0.2, 0) is 14.3 Å². The van der Waals surface area contributed by atoms with E-state index in [-0.39, 0.29) is 25.4 Å². The fourth-order valence-corrected chi connectivity index (χ4v) is 6.34. The molecule has 2 unspecified atom stereocenters. The standard InChI is InChI=1S/2C18H36O2.C6H12O3/c2*1-2-3-4-5-6-7-8-9-10-11-12-13-14-15-16-17-18(19)20;7-3-5-1-2-6(4-8)9-5/h2*2-17H2,1H3,(H,19,20);5-8H,1-4H2. The third kappa shape index (κ3) is 44.8. The summed E-state index contributed by atoms with van der Waals surface area (Å²) in [4.78, 5) is 20.7. The highest BCUT2D eigenvalue weighted by atomic mass is 16.5. The lowest BCUT2D eigenvalue weighted by molar-refractivity contribution is -0.138. The van der Waals surface area contributed by atoms with Gasteiger partial charge in [0.25, 0.3) is 0 Å². The molecule has 49 heavy (non-hydrogen) atoms. The molecular weight excluding hydrogens is 616 g/mol. The SMILES string of the molecule is CCCCCCCCCCCCCCCCCC(=O)O.CCCCCCCCCCCCCCCCCC(=O)O.OCC1CCC(CO)O1. The van der Waals surface area contributed by atoms with Crippen molar-refractivity contribution in [2.24, 2.45) is 0 Å². The van der Waals surface area contributed by atoms with Crippen molar-refractivity contribution in [1.29, 1.82) is 0 Å². The van der Waals surface area contributed by atoms with E-state index in [0.717, 1.165) is 38.5 Å². The number of carbonyl (C=O) groups is 2. The lowest BCUT2D eigenvalue weighted by Gasteiger charge is -2.07. The maximum Gasteiger partial charge on any atom is 0.303 e. The smallest absolute Gasteiger partial charge is 0.303 e. The average molecular weight is 701 g/mol. The molecule has 1 heterocycles. The topological polar surface area (TPSA) is 124 Å². The first-order valence-electron chi connectivity index (χ1n) is 21.2. The number of ether oxygens (including phenoxy) is 1. The number of hydrogen-bond acceptors (Lipinski definition) is 5. The molecule has 0 aromatic heterocycles. The molecule has 0 amide bonds. The summed E-state index contributed by atoms with van der Waals surface area (Å²) in [5, 5.41) is 34.2. The van der Waals surface area contributed by atoms with Crippen LogP contribution in [0.1, 0.15) is 232 Å². The van der Waals surface area contributed by atoms with Gasteiger partial charge in [-0.15, -0.1) is 0 Å². The summed E-state index contributed by atoms with van der Waals surface area (Å²) >= 11 is 0. The van der Waals surface area contributed by atoms with Crippen LogP contribution in [-0.4, -0.2) is 57.8 Å². The molecule has 0 aliphatic carbocycles. The second-order valence-corrected chi connectivity index (χ2v) is 14.5. The molecule has 0 saturated carbocycles. The van der Waals surface area contributed by atoms with Gasteiger partial charge in [0.05, 0.1) is 25.4 Å². The van der Waals surface area contributed by atoms with E-state index in [9.17, 15) is 9.59 Å². The zero-order chi connectivity index (χ0) is 36.5. The first-order valence-corrected chi connectivity index (χ1v) is 21.2. The maximum atomic E-state index is 10.3. The molecule has 4 N–H and O–H groups in total. The normalized spacial score (nSPS) is 15.3. The summed E-state index contributed by atoms with van der Waals surface area (Å²) in [6, 6.07) is 0. The molecule has 0 radical (unpaired) electrons. The highest BCUT2D eigenvalue weighted by Crippen LogP contribution is 2.18. The van der Waals surface area contributed by atoms with Gasteiger partial charge in [-0.25, -0.2) is 0 Å². The molecule has 7 heteroatoms. The van der Waals surface area contributed by atoms with Crippen molar-refractivity contribution in [3.05, 3.63) is 0 Å².